The van der Waals surface area contributed by atoms with Gasteiger partial charge in [-0.2, -0.15) is 0 Å². The van der Waals surface area contributed by atoms with Crippen LogP contribution in [0.3, 0.4) is 0 Å². The van der Waals surface area contributed by atoms with Crippen molar-refractivity contribution in [1.29, 1.82) is 0 Å². The maximum atomic E-state index is 12.9. The second-order valence-corrected chi connectivity index (χ2v) is 7.93. The lowest BCUT2D eigenvalue weighted by molar-refractivity contribution is 0.0950. The maximum Gasteiger partial charge on any atom is 0.251 e. The molecule has 0 unspecified atom stereocenters. The predicted molar refractivity (Wildman–Crippen MR) is 132 cm³/mol. The highest BCUT2D eigenvalue weighted by atomic mass is 16.5. The first-order valence-electron chi connectivity index (χ1n) is 11.0. The molecule has 3 aromatic rings. The zero-order chi connectivity index (χ0) is 24.1. The van der Waals surface area contributed by atoms with Crippen LogP contribution in [0.2, 0.25) is 0 Å². The SMILES string of the molecule is COc1ccc(CNC(=O)c2cccc(Oc3ccnc(C4=C(C)OCC=C4C)c3)c2C)cn1.[HH]. The number of hydrogen-bond acceptors (Lipinski definition) is 6. The van der Waals surface area contributed by atoms with Gasteiger partial charge in [-0.1, -0.05) is 12.1 Å². The summed E-state index contributed by atoms with van der Waals surface area (Å²) in [6.45, 7) is 6.79. The van der Waals surface area contributed by atoms with Crippen molar-refractivity contribution in [3.63, 3.8) is 0 Å². The molecular weight excluding hydrogens is 430 g/mol. The van der Waals surface area contributed by atoms with Crippen LogP contribution in [0.25, 0.3) is 5.57 Å². The molecule has 7 nitrogen and oxygen atoms in total. The highest BCUT2D eigenvalue weighted by molar-refractivity contribution is 5.96. The molecule has 0 saturated heterocycles. The Morgan fingerprint density at radius 1 is 1.15 bits per heavy atom. The molecule has 0 fully saturated rings. The van der Waals surface area contributed by atoms with Gasteiger partial charge in [0.05, 0.1) is 12.8 Å². The van der Waals surface area contributed by atoms with Crippen LogP contribution in [0.5, 0.6) is 17.4 Å². The molecule has 1 amide bonds. The number of nitrogens with zero attached hydrogens (tertiary/aromatic N) is 2. The fourth-order valence-corrected chi connectivity index (χ4v) is 3.75. The van der Waals surface area contributed by atoms with E-state index in [1.807, 2.05) is 51.1 Å². The van der Waals surface area contributed by atoms with E-state index < -0.39 is 0 Å². The van der Waals surface area contributed by atoms with Crippen LogP contribution in [0, 0.1) is 6.92 Å². The lowest BCUT2D eigenvalue weighted by atomic mass is 10.0. The van der Waals surface area contributed by atoms with E-state index in [1.165, 1.54) is 0 Å². The first kappa shape index (κ1) is 23.0. The van der Waals surface area contributed by atoms with Gasteiger partial charge in [0.25, 0.3) is 5.91 Å². The van der Waals surface area contributed by atoms with E-state index in [-0.39, 0.29) is 7.33 Å². The molecule has 1 aromatic carbocycles. The molecule has 0 atom stereocenters. The van der Waals surface area contributed by atoms with Crippen LogP contribution < -0.4 is 14.8 Å². The number of carbonyl (C=O) groups excluding carboxylic acids is 1. The second-order valence-electron chi connectivity index (χ2n) is 7.93. The standard InChI is InChI=1S/C27H27N3O4.H2/c1-17-11-13-33-19(3)26(17)23-14-21(10-12-28-23)34-24-7-5-6-22(18(24)2)27(31)30-16-20-8-9-25(32-4)29-15-20;/h5-12,14-15H,13,16H2,1-4H3,(H,30,31);1H. The van der Waals surface area contributed by atoms with Crippen LogP contribution in [0.4, 0.5) is 0 Å². The zero-order valence-electron chi connectivity index (χ0n) is 19.7. The quantitative estimate of drug-likeness (QED) is 0.505. The van der Waals surface area contributed by atoms with E-state index >= 15 is 0 Å². The van der Waals surface area contributed by atoms with Crippen LogP contribution in [0.1, 0.15) is 42.5 Å². The van der Waals surface area contributed by atoms with Gasteiger partial charge in [-0.15, -0.1) is 0 Å². The minimum atomic E-state index is -0.185. The van der Waals surface area contributed by atoms with Gasteiger partial charge in [-0.05, 0) is 56.2 Å². The topological polar surface area (TPSA) is 82.6 Å². The van der Waals surface area contributed by atoms with Crippen LogP contribution in [0.15, 0.2) is 72.3 Å². The number of benzene rings is 1. The normalized spacial score (nSPS) is 13.1. The Balaban J connectivity index is 0.00000342. The molecule has 1 N–H and O–H groups in total. The number of hydrogen-bond donors (Lipinski definition) is 1. The summed E-state index contributed by atoms with van der Waals surface area (Å²) in [5.74, 6) is 2.42. The minimum absolute atomic E-state index is 0. The average molecular weight is 460 g/mol. The van der Waals surface area contributed by atoms with Gasteiger partial charge < -0.3 is 19.5 Å². The lowest BCUT2D eigenvalue weighted by Crippen LogP contribution is -2.23. The third-order valence-electron chi connectivity index (χ3n) is 5.64. The van der Waals surface area contributed by atoms with E-state index in [9.17, 15) is 4.79 Å². The molecule has 1 aliphatic heterocycles. The van der Waals surface area contributed by atoms with Gasteiger partial charge in [0, 0.05) is 49.2 Å². The van der Waals surface area contributed by atoms with Gasteiger partial charge in [0.1, 0.15) is 23.9 Å². The molecule has 0 aliphatic carbocycles. The zero-order valence-corrected chi connectivity index (χ0v) is 19.7. The van der Waals surface area contributed by atoms with Crippen molar-refractivity contribution >= 4 is 11.5 Å². The second kappa shape index (κ2) is 10.2. The van der Waals surface area contributed by atoms with E-state index in [1.54, 1.807) is 37.7 Å². The van der Waals surface area contributed by atoms with E-state index in [0.717, 1.165) is 33.7 Å². The first-order valence-corrected chi connectivity index (χ1v) is 11.0. The summed E-state index contributed by atoms with van der Waals surface area (Å²) in [5, 5.41) is 2.93. The summed E-state index contributed by atoms with van der Waals surface area (Å²) in [6.07, 6.45) is 5.42. The Morgan fingerprint density at radius 2 is 2.00 bits per heavy atom. The Labute approximate surface area is 200 Å². The highest BCUT2D eigenvalue weighted by Crippen LogP contribution is 2.32. The molecule has 0 radical (unpaired) electrons. The number of allylic oxidation sites excluding steroid dienone is 3. The van der Waals surface area contributed by atoms with Crippen molar-refractivity contribution in [3.8, 4) is 17.4 Å². The summed E-state index contributed by atoms with van der Waals surface area (Å²) < 4.78 is 16.9. The van der Waals surface area contributed by atoms with Crippen molar-refractivity contribution < 1.29 is 20.4 Å². The first-order chi connectivity index (χ1) is 16.5. The van der Waals surface area contributed by atoms with E-state index in [4.69, 9.17) is 14.2 Å². The van der Waals surface area contributed by atoms with Crippen molar-refractivity contribution in [2.45, 2.75) is 27.3 Å². The Bertz CT molecular complexity index is 1270. The van der Waals surface area contributed by atoms with Crippen LogP contribution in [-0.4, -0.2) is 29.6 Å². The Hall–Kier alpha value is -4.13. The van der Waals surface area contributed by atoms with Crippen molar-refractivity contribution in [2.75, 3.05) is 13.7 Å². The Kier molecular flexibility index (Phi) is 6.92. The van der Waals surface area contributed by atoms with Gasteiger partial charge >= 0.3 is 0 Å². The maximum absolute atomic E-state index is 12.9. The monoisotopic (exact) mass is 459 g/mol. The van der Waals surface area contributed by atoms with Gasteiger partial charge in [0.15, 0.2) is 0 Å². The lowest BCUT2D eigenvalue weighted by Gasteiger charge is -2.18. The molecule has 176 valence electrons. The van der Waals surface area contributed by atoms with Crippen LogP contribution >= 0.6 is 0 Å². The summed E-state index contributed by atoms with van der Waals surface area (Å²) in [4.78, 5) is 21.5. The largest absolute Gasteiger partial charge is 0.493 e. The number of amides is 1. The number of rotatable bonds is 7. The fourth-order valence-electron chi connectivity index (χ4n) is 3.75. The summed E-state index contributed by atoms with van der Waals surface area (Å²) in [5.41, 5.74) is 5.04. The average Bonchev–Trinajstić information content (AvgIpc) is 2.84. The molecule has 34 heavy (non-hydrogen) atoms. The summed E-state index contributed by atoms with van der Waals surface area (Å²) in [6, 6.07) is 12.7. The number of pyridine rings is 2. The third kappa shape index (κ3) is 5.09. The molecule has 3 heterocycles. The van der Waals surface area contributed by atoms with Gasteiger partial charge in [0.2, 0.25) is 5.88 Å². The number of methoxy groups -OCH3 is 1. The fraction of sp³-hybridized carbons (Fsp3) is 0.222. The Morgan fingerprint density at radius 3 is 2.74 bits per heavy atom. The van der Waals surface area contributed by atoms with Crippen LogP contribution in [-0.2, 0) is 11.3 Å². The highest BCUT2D eigenvalue weighted by Gasteiger charge is 2.17. The third-order valence-corrected chi connectivity index (χ3v) is 5.64. The molecule has 0 saturated carbocycles. The summed E-state index contributed by atoms with van der Waals surface area (Å²) >= 11 is 0. The minimum Gasteiger partial charge on any atom is -0.493 e. The number of nitrogens with one attached hydrogen (secondary N) is 1. The summed E-state index contributed by atoms with van der Waals surface area (Å²) in [7, 11) is 1.56. The smallest absolute Gasteiger partial charge is 0.251 e. The molecule has 0 bridgehead atoms. The number of ether oxygens (including phenoxy) is 3. The van der Waals surface area contributed by atoms with Crippen molar-refractivity contribution in [2.24, 2.45) is 0 Å². The van der Waals surface area contributed by atoms with Crippen molar-refractivity contribution in [3.05, 3.63) is 94.7 Å². The molecule has 0 spiro atoms. The molecule has 4 rings (SSSR count). The molecule has 1 aliphatic rings. The van der Waals surface area contributed by atoms with E-state index in [0.29, 0.717) is 36.1 Å². The van der Waals surface area contributed by atoms with Gasteiger partial charge in [-0.3, -0.25) is 9.78 Å². The van der Waals surface area contributed by atoms with Gasteiger partial charge in [-0.25, -0.2) is 4.98 Å². The van der Waals surface area contributed by atoms with E-state index in [2.05, 4.69) is 15.3 Å². The molecule has 2 aromatic heterocycles. The number of carbonyl (C=O) groups is 1. The molecular formula is C27H29N3O4. The van der Waals surface area contributed by atoms with Crippen molar-refractivity contribution in [1.82, 2.24) is 15.3 Å². The number of aromatic nitrogens is 2. The molecule has 7 heteroatoms. The predicted octanol–water partition coefficient (Wildman–Crippen LogP) is 5.47.